The van der Waals surface area contributed by atoms with Gasteiger partial charge in [-0.1, -0.05) is 33.1 Å². The summed E-state index contributed by atoms with van der Waals surface area (Å²) in [6, 6.07) is 0. The van der Waals surface area contributed by atoms with Gasteiger partial charge in [0.05, 0.1) is 0 Å². The van der Waals surface area contributed by atoms with Crippen molar-refractivity contribution in [3.8, 4) is 0 Å². The second kappa shape index (κ2) is 11.7. The molecule has 0 aliphatic rings. The predicted molar refractivity (Wildman–Crippen MR) is 54.0 cm³/mol. The van der Waals surface area contributed by atoms with Gasteiger partial charge in [0.25, 0.3) is 0 Å². The molecule has 0 aliphatic carbocycles. The zero-order chi connectivity index (χ0) is 9.11. The number of allylic oxidation sites excluding steroid dienone is 3. The van der Waals surface area contributed by atoms with E-state index in [1.165, 1.54) is 0 Å². The summed E-state index contributed by atoms with van der Waals surface area (Å²) in [5.74, 6) is 0. The first kappa shape index (κ1) is 12.6. The van der Waals surface area contributed by atoms with E-state index in [-0.39, 0.29) is 0 Å². The van der Waals surface area contributed by atoms with E-state index in [1.54, 1.807) is 24.4 Å². The first-order chi connectivity index (χ1) is 5.31. The minimum absolute atomic E-state index is 0.910. The van der Waals surface area contributed by atoms with Crippen LogP contribution in [0.4, 0.5) is 0 Å². The Hall–Kier alpha value is -1.11. The number of nitrogens with zero attached hydrogens (tertiary/aromatic N) is 1. The van der Waals surface area contributed by atoms with Crippen LogP contribution in [0.25, 0.3) is 0 Å². The van der Waals surface area contributed by atoms with E-state index < -0.39 is 0 Å². The van der Waals surface area contributed by atoms with E-state index in [9.17, 15) is 0 Å². The Labute approximate surface area is 69.9 Å². The lowest BCUT2D eigenvalue weighted by atomic mass is 10.4. The molecule has 0 saturated carbocycles. The standard InChI is InChI=1S/C8H11N.C2H6/c1-4-6-7-9-8(3)5-2;1-2/h4-7H,1-2H2,3H3;1-2H3/b7-6-,9-8?;. The smallest absolute Gasteiger partial charge is 0.0366 e. The summed E-state index contributed by atoms with van der Waals surface area (Å²) in [6.07, 6.45) is 6.84. The first-order valence-electron chi connectivity index (χ1n) is 3.75. The second-order valence-corrected chi connectivity index (χ2v) is 1.55. The molecule has 62 valence electrons. The molecule has 0 aromatic heterocycles. The lowest BCUT2D eigenvalue weighted by Crippen LogP contribution is -1.78. The van der Waals surface area contributed by atoms with E-state index in [2.05, 4.69) is 18.2 Å². The van der Waals surface area contributed by atoms with E-state index in [1.807, 2.05) is 20.8 Å². The van der Waals surface area contributed by atoms with Crippen LogP contribution < -0.4 is 0 Å². The maximum absolute atomic E-state index is 3.98. The third-order valence-corrected chi connectivity index (χ3v) is 0.796. The normalized spacial score (nSPS) is 10.3. The Kier molecular flexibility index (Phi) is 13.3. The van der Waals surface area contributed by atoms with E-state index in [4.69, 9.17) is 0 Å². The minimum atomic E-state index is 0.910. The highest BCUT2D eigenvalue weighted by atomic mass is 14.7. The predicted octanol–water partition coefficient (Wildman–Crippen LogP) is 3.36. The fraction of sp³-hybridized carbons (Fsp3) is 0.300. The average Bonchev–Trinajstić information content (AvgIpc) is 2.08. The molecule has 0 atom stereocenters. The Morgan fingerprint density at radius 3 is 2.18 bits per heavy atom. The Balaban J connectivity index is 0. The molecule has 0 aromatic rings. The van der Waals surface area contributed by atoms with Gasteiger partial charge in [-0.3, -0.25) is 4.99 Å². The number of aliphatic imine (C=N–C) groups is 1. The molecule has 0 aliphatic heterocycles. The molecule has 0 N–H and O–H groups in total. The summed E-state index contributed by atoms with van der Waals surface area (Å²) in [4.78, 5) is 3.98. The van der Waals surface area contributed by atoms with Crippen LogP contribution in [0.5, 0.6) is 0 Å². The summed E-state index contributed by atoms with van der Waals surface area (Å²) < 4.78 is 0. The van der Waals surface area contributed by atoms with Crippen LogP contribution in [0.15, 0.2) is 42.6 Å². The van der Waals surface area contributed by atoms with Crippen LogP contribution in [-0.2, 0) is 0 Å². The maximum Gasteiger partial charge on any atom is 0.0366 e. The van der Waals surface area contributed by atoms with Crippen LogP contribution in [0.3, 0.4) is 0 Å². The number of hydrogen-bond donors (Lipinski definition) is 0. The molecular formula is C10H17N. The van der Waals surface area contributed by atoms with Crippen molar-refractivity contribution in [1.82, 2.24) is 0 Å². The Bertz CT molecular complexity index is 152. The van der Waals surface area contributed by atoms with Gasteiger partial charge in [0.2, 0.25) is 0 Å². The number of rotatable bonds is 3. The monoisotopic (exact) mass is 151 g/mol. The third-order valence-electron chi connectivity index (χ3n) is 0.796. The maximum atomic E-state index is 3.98. The fourth-order valence-electron chi connectivity index (χ4n) is 0.274. The summed E-state index contributed by atoms with van der Waals surface area (Å²) in [6.45, 7) is 12.9. The van der Waals surface area contributed by atoms with Gasteiger partial charge in [0.15, 0.2) is 0 Å². The summed E-state index contributed by atoms with van der Waals surface area (Å²) in [5, 5.41) is 0. The fourth-order valence-corrected chi connectivity index (χ4v) is 0.274. The Morgan fingerprint density at radius 2 is 1.82 bits per heavy atom. The van der Waals surface area contributed by atoms with Crippen LogP contribution in [-0.4, -0.2) is 5.71 Å². The van der Waals surface area contributed by atoms with Crippen molar-refractivity contribution in [3.63, 3.8) is 0 Å². The highest BCUT2D eigenvalue weighted by Gasteiger charge is 1.72. The molecule has 0 rings (SSSR count). The molecule has 0 amide bonds. The largest absolute Gasteiger partial charge is 0.262 e. The van der Waals surface area contributed by atoms with Gasteiger partial charge in [-0.05, 0) is 19.1 Å². The van der Waals surface area contributed by atoms with Crippen LogP contribution in [0, 0.1) is 0 Å². The van der Waals surface area contributed by atoms with Crippen molar-refractivity contribution in [3.05, 3.63) is 37.6 Å². The van der Waals surface area contributed by atoms with Crippen molar-refractivity contribution < 1.29 is 0 Å². The van der Waals surface area contributed by atoms with E-state index in [0.29, 0.717) is 0 Å². The van der Waals surface area contributed by atoms with Crippen LogP contribution in [0.2, 0.25) is 0 Å². The van der Waals surface area contributed by atoms with Crippen LogP contribution >= 0.6 is 0 Å². The molecule has 11 heavy (non-hydrogen) atoms. The number of hydrogen-bond acceptors (Lipinski definition) is 1. The van der Waals surface area contributed by atoms with Crippen molar-refractivity contribution in [2.75, 3.05) is 0 Å². The first-order valence-corrected chi connectivity index (χ1v) is 3.75. The molecule has 1 nitrogen and oxygen atoms in total. The van der Waals surface area contributed by atoms with Crippen molar-refractivity contribution in [1.29, 1.82) is 0 Å². The van der Waals surface area contributed by atoms with Gasteiger partial charge in [-0.15, -0.1) is 0 Å². The molecule has 0 spiro atoms. The lowest BCUT2D eigenvalue weighted by molar-refractivity contribution is 1.50. The molecular weight excluding hydrogens is 134 g/mol. The molecule has 0 aromatic carbocycles. The molecule has 0 fully saturated rings. The van der Waals surface area contributed by atoms with Gasteiger partial charge >= 0.3 is 0 Å². The third kappa shape index (κ3) is 12.2. The van der Waals surface area contributed by atoms with Crippen LogP contribution in [0.1, 0.15) is 20.8 Å². The van der Waals surface area contributed by atoms with Gasteiger partial charge in [0, 0.05) is 11.9 Å². The summed E-state index contributed by atoms with van der Waals surface area (Å²) in [7, 11) is 0. The molecule has 0 saturated heterocycles. The molecule has 0 heterocycles. The molecule has 1 heteroatoms. The lowest BCUT2D eigenvalue weighted by Gasteiger charge is -1.81. The van der Waals surface area contributed by atoms with Crippen molar-refractivity contribution >= 4 is 5.71 Å². The van der Waals surface area contributed by atoms with Crippen molar-refractivity contribution in [2.24, 2.45) is 4.99 Å². The summed E-state index contributed by atoms with van der Waals surface area (Å²) in [5.41, 5.74) is 0.910. The topological polar surface area (TPSA) is 12.4 Å². The van der Waals surface area contributed by atoms with Crippen molar-refractivity contribution in [2.45, 2.75) is 20.8 Å². The Morgan fingerprint density at radius 1 is 1.27 bits per heavy atom. The highest BCUT2D eigenvalue weighted by Crippen LogP contribution is 1.80. The zero-order valence-electron chi connectivity index (χ0n) is 7.67. The average molecular weight is 151 g/mol. The quantitative estimate of drug-likeness (QED) is 0.433. The van der Waals surface area contributed by atoms with Gasteiger partial charge in [0.1, 0.15) is 0 Å². The van der Waals surface area contributed by atoms with Gasteiger partial charge in [-0.25, -0.2) is 0 Å². The second-order valence-electron chi connectivity index (χ2n) is 1.55. The molecule has 0 unspecified atom stereocenters. The van der Waals surface area contributed by atoms with E-state index in [0.717, 1.165) is 5.71 Å². The van der Waals surface area contributed by atoms with E-state index >= 15 is 0 Å². The van der Waals surface area contributed by atoms with Gasteiger partial charge in [-0.2, -0.15) is 0 Å². The zero-order valence-corrected chi connectivity index (χ0v) is 7.67. The summed E-state index contributed by atoms with van der Waals surface area (Å²) >= 11 is 0. The molecule has 0 bridgehead atoms. The molecule has 0 radical (unpaired) electrons. The SMILES string of the molecule is C=C/C=C\N=C(C)C=C.CC. The highest BCUT2D eigenvalue weighted by molar-refractivity contribution is 5.92. The van der Waals surface area contributed by atoms with Gasteiger partial charge < -0.3 is 0 Å². The minimum Gasteiger partial charge on any atom is -0.262 e.